The number of nitrogens with one attached hydrogen (secondary N) is 1. The minimum absolute atomic E-state index is 0.139. The van der Waals surface area contributed by atoms with Crippen LogP contribution in [-0.4, -0.2) is 41.6 Å². The molecule has 0 spiro atoms. The number of amides is 3. The van der Waals surface area contributed by atoms with Crippen molar-refractivity contribution >= 4 is 11.9 Å². The maximum Gasteiger partial charge on any atom is 0.312 e. The molecule has 0 bridgehead atoms. The number of hydrogen-bond donors (Lipinski definition) is 3. The summed E-state index contributed by atoms with van der Waals surface area (Å²) in [5, 5.41) is 12.8. The molecule has 0 saturated carbocycles. The summed E-state index contributed by atoms with van der Waals surface area (Å²) in [5.74, 6) is -0.245. The number of carbonyl (C=O) groups excluding carboxylic acids is 2. The van der Waals surface area contributed by atoms with E-state index in [1.54, 1.807) is 0 Å². The van der Waals surface area contributed by atoms with Gasteiger partial charge in [-0.15, -0.1) is 0 Å². The summed E-state index contributed by atoms with van der Waals surface area (Å²) in [6, 6.07) is 8.54. The van der Waals surface area contributed by atoms with E-state index in [-0.39, 0.29) is 19.0 Å². The molecule has 1 aromatic carbocycles. The molecule has 1 atom stereocenters. The molecular weight excluding hydrogens is 246 g/mol. The van der Waals surface area contributed by atoms with Gasteiger partial charge in [-0.1, -0.05) is 30.3 Å². The molecule has 1 saturated heterocycles. The van der Waals surface area contributed by atoms with Crippen LogP contribution in [0.2, 0.25) is 0 Å². The molecule has 1 aromatic rings. The lowest BCUT2D eigenvalue weighted by molar-refractivity contribution is -0.130. The smallest absolute Gasteiger partial charge is 0.312 e. The Morgan fingerprint density at radius 3 is 2.68 bits per heavy atom. The maximum atomic E-state index is 11.8. The van der Waals surface area contributed by atoms with E-state index in [2.05, 4.69) is 5.32 Å². The van der Waals surface area contributed by atoms with Crippen molar-refractivity contribution in [1.82, 2.24) is 10.2 Å². The second-order valence-electron chi connectivity index (χ2n) is 4.68. The molecule has 1 heterocycles. The summed E-state index contributed by atoms with van der Waals surface area (Å²) in [6.07, 6.45) is 0.485. The minimum atomic E-state index is -1.01. The Morgan fingerprint density at radius 1 is 1.37 bits per heavy atom. The summed E-state index contributed by atoms with van der Waals surface area (Å²) in [6.45, 7) is 0.557. The van der Waals surface area contributed by atoms with E-state index in [1.165, 1.54) is 4.90 Å². The lowest BCUT2D eigenvalue weighted by Crippen LogP contribution is -2.42. The predicted molar refractivity (Wildman–Crippen MR) is 69.1 cm³/mol. The first-order chi connectivity index (χ1) is 9.01. The molecular formula is C13H17N3O3. The van der Waals surface area contributed by atoms with E-state index >= 15 is 0 Å². The van der Waals surface area contributed by atoms with Crippen LogP contribution in [0.5, 0.6) is 0 Å². The molecule has 1 aliphatic rings. The van der Waals surface area contributed by atoms with E-state index in [9.17, 15) is 14.7 Å². The van der Waals surface area contributed by atoms with Gasteiger partial charge in [0.25, 0.3) is 0 Å². The Labute approximate surface area is 111 Å². The number of benzene rings is 1. The first-order valence-electron chi connectivity index (χ1n) is 6.10. The molecule has 2 rings (SSSR count). The van der Waals surface area contributed by atoms with Crippen molar-refractivity contribution in [3.05, 3.63) is 35.9 Å². The number of carbonyl (C=O) groups is 2. The average molecular weight is 263 g/mol. The monoisotopic (exact) mass is 263 g/mol. The molecule has 19 heavy (non-hydrogen) atoms. The topological polar surface area (TPSA) is 95.7 Å². The SMILES string of the molecule is NC(=O)NCC(=O)N1CC[C@@](O)(c2ccccc2)C1. The third kappa shape index (κ3) is 3.03. The van der Waals surface area contributed by atoms with Gasteiger partial charge < -0.3 is 21.1 Å². The molecule has 0 aliphatic carbocycles. The first-order valence-corrected chi connectivity index (χ1v) is 6.10. The van der Waals surface area contributed by atoms with Gasteiger partial charge in [-0.25, -0.2) is 4.79 Å². The van der Waals surface area contributed by atoms with E-state index in [0.29, 0.717) is 13.0 Å². The Kier molecular flexibility index (Phi) is 3.71. The lowest BCUT2D eigenvalue weighted by Gasteiger charge is -2.24. The van der Waals surface area contributed by atoms with Gasteiger partial charge in [0.1, 0.15) is 5.60 Å². The summed E-state index contributed by atoms with van der Waals surface area (Å²) in [7, 11) is 0. The Morgan fingerprint density at radius 2 is 2.05 bits per heavy atom. The number of urea groups is 1. The van der Waals surface area contributed by atoms with Gasteiger partial charge in [0.05, 0.1) is 13.1 Å². The molecule has 4 N–H and O–H groups in total. The second kappa shape index (κ2) is 5.27. The highest BCUT2D eigenvalue weighted by Gasteiger charge is 2.39. The van der Waals surface area contributed by atoms with Gasteiger partial charge in [-0.2, -0.15) is 0 Å². The normalized spacial score (nSPS) is 22.3. The number of likely N-dealkylation sites (tertiary alicyclic amines) is 1. The third-order valence-corrected chi connectivity index (χ3v) is 3.33. The fourth-order valence-electron chi connectivity index (χ4n) is 2.27. The summed E-state index contributed by atoms with van der Waals surface area (Å²) >= 11 is 0. The van der Waals surface area contributed by atoms with E-state index in [4.69, 9.17) is 5.73 Å². The fourth-order valence-corrected chi connectivity index (χ4v) is 2.27. The van der Waals surface area contributed by atoms with Crippen LogP contribution in [-0.2, 0) is 10.4 Å². The van der Waals surface area contributed by atoms with Gasteiger partial charge in [-0.05, 0) is 12.0 Å². The lowest BCUT2D eigenvalue weighted by atomic mass is 9.93. The number of nitrogens with two attached hydrogens (primary N) is 1. The van der Waals surface area contributed by atoms with Gasteiger partial charge in [0, 0.05) is 6.54 Å². The largest absolute Gasteiger partial charge is 0.383 e. The zero-order valence-corrected chi connectivity index (χ0v) is 10.5. The number of β-amino-alcohol motifs (C(OH)–C–C–N with tert-alkyl or cyclic N) is 1. The standard InChI is InChI=1S/C13H17N3O3/c14-12(18)15-8-11(17)16-7-6-13(19,9-16)10-4-2-1-3-5-10/h1-5,19H,6-9H2,(H3,14,15,18)/t13-/m0/s1. The van der Waals surface area contributed by atoms with Crippen LogP contribution in [0.25, 0.3) is 0 Å². The Hall–Kier alpha value is -2.08. The van der Waals surface area contributed by atoms with Gasteiger partial charge in [0.2, 0.25) is 5.91 Å². The van der Waals surface area contributed by atoms with E-state index in [0.717, 1.165) is 5.56 Å². The van der Waals surface area contributed by atoms with Crippen LogP contribution < -0.4 is 11.1 Å². The molecule has 0 unspecified atom stereocenters. The third-order valence-electron chi connectivity index (χ3n) is 3.33. The van der Waals surface area contributed by atoms with Gasteiger partial charge in [0.15, 0.2) is 0 Å². The second-order valence-corrected chi connectivity index (χ2v) is 4.68. The van der Waals surface area contributed by atoms with Crippen LogP contribution in [0.4, 0.5) is 4.79 Å². The highest BCUT2D eigenvalue weighted by molar-refractivity contribution is 5.83. The highest BCUT2D eigenvalue weighted by Crippen LogP contribution is 2.31. The number of aliphatic hydroxyl groups is 1. The first kappa shape index (κ1) is 13.4. The number of primary amides is 1. The number of nitrogens with zero attached hydrogens (tertiary/aromatic N) is 1. The van der Waals surface area contributed by atoms with E-state index in [1.807, 2.05) is 30.3 Å². The molecule has 0 radical (unpaired) electrons. The van der Waals surface area contributed by atoms with Crippen molar-refractivity contribution in [2.45, 2.75) is 12.0 Å². The number of rotatable bonds is 3. The van der Waals surface area contributed by atoms with Crippen molar-refractivity contribution in [1.29, 1.82) is 0 Å². The van der Waals surface area contributed by atoms with Crippen molar-refractivity contribution in [3.8, 4) is 0 Å². The molecule has 1 aliphatic heterocycles. The van der Waals surface area contributed by atoms with Crippen LogP contribution in [0.1, 0.15) is 12.0 Å². The predicted octanol–water partition coefficient (Wildman–Crippen LogP) is -0.225. The van der Waals surface area contributed by atoms with Crippen molar-refractivity contribution in [2.75, 3.05) is 19.6 Å². The van der Waals surface area contributed by atoms with Crippen molar-refractivity contribution < 1.29 is 14.7 Å². The van der Waals surface area contributed by atoms with Gasteiger partial charge in [-0.3, -0.25) is 4.79 Å². The Bertz CT molecular complexity index is 477. The maximum absolute atomic E-state index is 11.8. The van der Waals surface area contributed by atoms with Crippen LogP contribution in [0.3, 0.4) is 0 Å². The molecule has 3 amide bonds. The molecule has 102 valence electrons. The Balaban J connectivity index is 1.99. The van der Waals surface area contributed by atoms with Crippen LogP contribution in [0, 0.1) is 0 Å². The molecule has 6 nitrogen and oxygen atoms in total. The van der Waals surface area contributed by atoms with Crippen LogP contribution >= 0.6 is 0 Å². The zero-order chi connectivity index (χ0) is 13.9. The molecule has 1 fully saturated rings. The minimum Gasteiger partial charge on any atom is -0.383 e. The van der Waals surface area contributed by atoms with Crippen LogP contribution in [0.15, 0.2) is 30.3 Å². The summed E-state index contributed by atoms with van der Waals surface area (Å²) in [4.78, 5) is 23.9. The average Bonchev–Trinajstić information content (AvgIpc) is 2.81. The van der Waals surface area contributed by atoms with E-state index < -0.39 is 11.6 Å². The molecule has 6 heteroatoms. The molecule has 0 aromatic heterocycles. The summed E-state index contributed by atoms with van der Waals surface area (Å²) < 4.78 is 0. The van der Waals surface area contributed by atoms with Crippen molar-refractivity contribution in [3.63, 3.8) is 0 Å². The number of hydrogen-bond acceptors (Lipinski definition) is 3. The van der Waals surface area contributed by atoms with Gasteiger partial charge >= 0.3 is 6.03 Å². The summed E-state index contributed by atoms with van der Waals surface area (Å²) in [5.41, 5.74) is 4.70. The van der Waals surface area contributed by atoms with Crippen molar-refractivity contribution in [2.24, 2.45) is 5.73 Å². The fraction of sp³-hybridized carbons (Fsp3) is 0.385. The zero-order valence-electron chi connectivity index (χ0n) is 10.5. The highest BCUT2D eigenvalue weighted by atomic mass is 16.3. The quantitative estimate of drug-likeness (QED) is 0.703.